The van der Waals surface area contributed by atoms with Crippen LogP contribution in [-0.4, -0.2) is 12.7 Å². The standard InChI is InChI=1S/C13H16F3NO/c1-8-5-10(7-18-8)12(17)9-3-2-4-11(6-9)13(14,15)16/h2-4,6,8,10,12H,5,7,17H2,1H3. The lowest BCUT2D eigenvalue weighted by atomic mass is 9.91. The van der Waals surface area contributed by atoms with Gasteiger partial charge in [0.25, 0.3) is 0 Å². The Bertz CT molecular complexity index is 419. The summed E-state index contributed by atoms with van der Waals surface area (Å²) in [7, 11) is 0. The van der Waals surface area contributed by atoms with Crippen LogP contribution < -0.4 is 5.73 Å². The lowest BCUT2D eigenvalue weighted by molar-refractivity contribution is -0.137. The molecule has 0 amide bonds. The number of rotatable bonds is 2. The summed E-state index contributed by atoms with van der Waals surface area (Å²) in [5.41, 5.74) is 5.90. The summed E-state index contributed by atoms with van der Waals surface area (Å²) in [4.78, 5) is 0. The third-order valence-corrected chi connectivity index (χ3v) is 3.34. The molecule has 0 bridgehead atoms. The Hall–Kier alpha value is -1.07. The summed E-state index contributed by atoms with van der Waals surface area (Å²) in [6.45, 7) is 2.46. The second kappa shape index (κ2) is 4.90. The molecule has 3 unspecified atom stereocenters. The van der Waals surface area contributed by atoms with Crippen LogP contribution in [0.4, 0.5) is 13.2 Å². The molecular weight excluding hydrogens is 243 g/mol. The van der Waals surface area contributed by atoms with E-state index < -0.39 is 17.8 Å². The quantitative estimate of drug-likeness (QED) is 0.885. The molecule has 1 aromatic carbocycles. The number of benzene rings is 1. The Balaban J connectivity index is 2.18. The number of ether oxygens (including phenoxy) is 1. The van der Waals surface area contributed by atoms with Gasteiger partial charge in [-0.25, -0.2) is 0 Å². The minimum absolute atomic E-state index is 0.0866. The summed E-state index contributed by atoms with van der Waals surface area (Å²) in [5, 5.41) is 0. The summed E-state index contributed by atoms with van der Waals surface area (Å²) in [5.74, 6) is 0.0866. The number of hydrogen-bond donors (Lipinski definition) is 1. The Morgan fingerprint density at radius 1 is 1.39 bits per heavy atom. The topological polar surface area (TPSA) is 35.2 Å². The van der Waals surface area contributed by atoms with Crippen molar-refractivity contribution in [3.8, 4) is 0 Å². The molecule has 5 heteroatoms. The number of halogens is 3. The molecule has 3 atom stereocenters. The summed E-state index contributed by atoms with van der Waals surface area (Å²) < 4.78 is 43.2. The fraction of sp³-hybridized carbons (Fsp3) is 0.538. The average Bonchev–Trinajstić information content (AvgIpc) is 2.74. The molecular formula is C13H16F3NO. The highest BCUT2D eigenvalue weighted by Crippen LogP contribution is 2.34. The smallest absolute Gasteiger partial charge is 0.378 e. The highest BCUT2D eigenvalue weighted by atomic mass is 19.4. The molecule has 1 heterocycles. The number of hydrogen-bond acceptors (Lipinski definition) is 2. The molecule has 2 rings (SSSR count). The molecule has 1 aromatic rings. The van der Waals surface area contributed by atoms with Gasteiger partial charge in [0.15, 0.2) is 0 Å². The van der Waals surface area contributed by atoms with E-state index in [1.165, 1.54) is 6.07 Å². The average molecular weight is 259 g/mol. The van der Waals surface area contributed by atoms with Gasteiger partial charge in [0.05, 0.1) is 18.3 Å². The van der Waals surface area contributed by atoms with Crippen molar-refractivity contribution < 1.29 is 17.9 Å². The van der Waals surface area contributed by atoms with Crippen LogP contribution in [0.15, 0.2) is 24.3 Å². The minimum Gasteiger partial charge on any atom is -0.378 e. The van der Waals surface area contributed by atoms with Crippen LogP contribution in [0.1, 0.15) is 30.5 Å². The van der Waals surface area contributed by atoms with Gasteiger partial charge >= 0.3 is 6.18 Å². The maximum Gasteiger partial charge on any atom is 0.416 e. The molecule has 18 heavy (non-hydrogen) atoms. The Morgan fingerprint density at radius 2 is 2.11 bits per heavy atom. The van der Waals surface area contributed by atoms with Gasteiger partial charge in [0.2, 0.25) is 0 Å². The van der Waals surface area contributed by atoms with Crippen LogP contribution in [-0.2, 0) is 10.9 Å². The van der Waals surface area contributed by atoms with Crippen LogP contribution in [0.25, 0.3) is 0 Å². The predicted molar refractivity (Wildman–Crippen MR) is 61.9 cm³/mol. The van der Waals surface area contributed by atoms with Gasteiger partial charge < -0.3 is 10.5 Å². The molecule has 1 fully saturated rings. The van der Waals surface area contributed by atoms with Gasteiger partial charge in [-0.3, -0.25) is 0 Å². The third-order valence-electron chi connectivity index (χ3n) is 3.34. The van der Waals surface area contributed by atoms with Crippen molar-refractivity contribution in [1.82, 2.24) is 0 Å². The van der Waals surface area contributed by atoms with E-state index in [0.29, 0.717) is 12.2 Å². The molecule has 0 spiro atoms. The van der Waals surface area contributed by atoms with E-state index in [0.717, 1.165) is 18.6 Å². The van der Waals surface area contributed by atoms with Crippen LogP contribution in [0.2, 0.25) is 0 Å². The zero-order chi connectivity index (χ0) is 13.3. The molecule has 1 aliphatic heterocycles. The first-order valence-corrected chi connectivity index (χ1v) is 5.92. The van der Waals surface area contributed by atoms with Gasteiger partial charge in [0.1, 0.15) is 0 Å². The lowest BCUT2D eigenvalue weighted by Gasteiger charge is -2.19. The fourth-order valence-corrected chi connectivity index (χ4v) is 2.30. The molecule has 1 saturated heterocycles. The van der Waals surface area contributed by atoms with Crippen molar-refractivity contribution >= 4 is 0 Å². The fourth-order valence-electron chi connectivity index (χ4n) is 2.30. The summed E-state index contributed by atoms with van der Waals surface area (Å²) in [6, 6.07) is 4.83. The lowest BCUT2D eigenvalue weighted by Crippen LogP contribution is -2.22. The van der Waals surface area contributed by atoms with Crippen LogP contribution in [0.5, 0.6) is 0 Å². The van der Waals surface area contributed by atoms with Crippen molar-refractivity contribution in [2.45, 2.75) is 31.7 Å². The Labute approximate surface area is 104 Å². The molecule has 1 aliphatic rings. The largest absolute Gasteiger partial charge is 0.416 e. The molecule has 0 radical (unpaired) electrons. The second-order valence-electron chi connectivity index (χ2n) is 4.79. The van der Waals surface area contributed by atoms with Crippen molar-refractivity contribution in [3.05, 3.63) is 35.4 Å². The van der Waals surface area contributed by atoms with Crippen molar-refractivity contribution in [2.75, 3.05) is 6.61 Å². The van der Waals surface area contributed by atoms with E-state index in [9.17, 15) is 13.2 Å². The van der Waals surface area contributed by atoms with E-state index in [4.69, 9.17) is 10.5 Å². The molecule has 2 N–H and O–H groups in total. The van der Waals surface area contributed by atoms with E-state index in [1.54, 1.807) is 6.07 Å². The second-order valence-corrected chi connectivity index (χ2v) is 4.79. The first kappa shape index (κ1) is 13.4. The minimum atomic E-state index is -4.32. The van der Waals surface area contributed by atoms with E-state index in [1.807, 2.05) is 6.92 Å². The highest BCUT2D eigenvalue weighted by molar-refractivity contribution is 5.28. The van der Waals surface area contributed by atoms with Crippen LogP contribution >= 0.6 is 0 Å². The summed E-state index contributed by atoms with van der Waals surface area (Å²) in [6.07, 6.45) is -3.40. The van der Waals surface area contributed by atoms with Crippen LogP contribution in [0, 0.1) is 5.92 Å². The van der Waals surface area contributed by atoms with Gasteiger partial charge in [-0.2, -0.15) is 13.2 Å². The van der Waals surface area contributed by atoms with Crippen molar-refractivity contribution in [1.29, 1.82) is 0 Å². The normalized spacial score (nSPS) is 26.3. The summed E-state index contributed by atoms with van der Waals surface area (Å²) >= 11 is 0. The zero-order valence-corrected chi connectivity index (χ0v) is 10.1. The number of nitrogens with two attached hydrogens (primary N) is 1. The molecule has 0 aliphatic carbocycles. The van der Waals surface area contributed by atoms with Gasteiger partial charge in [-0.1, -0.05) is 12.1 Å². The first-order valence-electron chi connectivity index (χ1n) is 5.92. The Morgan fingerprint density at radius 3 is 2.67 bits per heavy atom. The zero-order valence-electron chi connectivity index (χ0n) is 10.1. The molecule has 0 saturated carbocycles. The van der Waals surface area contributed by atoms with Gasteiger partial charge in [-0.15, -0.1) is 0 Å². The maximum absolute atomic E-state index is 12.6. The van der Waals surface area contributed by atoms with Gasteiger partial charge in [0, 0.05) is 12.0 Å². The SMILES string of the molecule is CC1CC(C(N)c2cccc(C(F)(F)F)c2)CO1. The van der Waals surface area contributed by atoms with E-state index in [2.05, 4.69) is 0 Å². The Kier molecular flexibility index (Phi) is 3.64. The van der Waals surface area contributed by atoms with Crippen molar-refractivity contribution in [2.24, 2.45) is 11.7 Å². The highest BCUT2D eigenvalue weighted by Gasteiger charge is 2.32. The van der Waals surface area contributed by atoms with Crippen molar-refractivity contribution in [3.63, 3.8) is 0 Å². The molecule has 2 nitrogen and oxygen atoms in total. The monoisotopic (exact) mass is 259 g/mol. The predicted octanol–water partition coefficient (Wildman–Crippen LogP) is 3.13. The van der Waals surface area contributed by atoms with E-state index in [-0.39, 0.29) is 12.0 Å². The number of alkyl halides is 3. The van der Waals surface area contributed by atoms with Crippen LogP contribution in [0.3, 0.4) is 0 Å². The third kappa shape index (κ3) is 2.84. The first-order chi connectivity index (χ1) is 8.38. The molecule has 0 aromatic heterocycles. The molecule has 100 valence electrons. The van der Waals surface area contributed by atoms with Gasteiger partial charge in [-0.05, 0) is 31.0 Å². The maximum atomic E-state index is 12.6. The van der Waals surface area contributed by atoms with E-state index >= 15 is 0 Å².